The maximum absolute atomic E-state index is 11.5. The number of fused-ring (bicyclic) bond motifs is 1. The van der Waals surface area contributed by atoms with Crippen LogP contribution in [-0.4, -0.2) is 12.1 Å². The second-order valence-electron chi connectivity index (χ2n) is 5.98. The summed E-state index contributed by atoms with van der Waals surface area (Å²) >= 11 is 0. The molecule has 2 rings (SSSR count). The third-order valence-corrected chi connectivity index (χ3v) is 4.87. The monoisotopic (exact) mass is 210 g/mol. The van der Waals surface area contributed by atoms with Crippen molar-refractivity contribution in [2.75, 3.05) is 0 Å². The Morgan fingerprint density at radius 1 is 1.47 bits per heavy atom. The van der Waals surface area contributed by atoms with E-state index in [-0.39, 0.29) is 18.0 Å². The fourth-order valence-corrected chi connectivity index (χ4v) is 3.05. The molecule has 0 aromatic heterocycles. The average Bonchev–Trinajstić information content (AvgIpc) is 2.42. The predicted molar refractivity (Wildman–Crippen MR) is 59.3 cm³/mol. The van der Waals surface area contributed by atoms with Crippen molar-refractivity contribution in [2.45, 2.75) is 53.1 Å². The van der Waals surface area contributed by atoms with E-state index in [2.05, 4.69) is 20.8 Å². The highest BCUT2D eigenvalue weighted by atomic mass is 16.6. The Kier molecular flexibility index (Phi) is 2.56. The van der Waals surface area contributed by atoms with E-state index in [1.807, 2.05) is 6.92 Å². The van der Waals surface area contributed by atoms with Gasteiger partial charge in [0.1, 0.15) is 6.10 Å². The molecule has 0 N–H and O–H groups in total. The molecule has 0 spiro atoms. The lowest BCUT2D eigenvalue weighted by Gasteiger charge is -2.42. The summed E-state index contributed by atoms with van der Waals surface area (Å²) < 4.78 is 5.48. The average molecular weight is 210 g/mol. The summed E-state index contributed by atoms with van der Waals surface area (Å²) in [4.78, 5) is 11.5. The van der Waals surface area contributed by atoms with Crippen LogP contribution >= 0.6 is 0 Å². The van der Waals surface area contributed by atoms with Crippen LogP contribution in [0.2, 0.25) is 0 Å². The maximum atomic E-state index is 11.5. The summed E-state index contributed by atoms with van der Waals surface area (Å²) in [7, 11) is 0. The summed E-state index contributed by atoms with van der Waals surface area (Å²) in [5.41, 5.74) is 0.367. The summed E-state index contributed by atoms with van der Waals surface area (Å²) in [6.07, 6.45) is 3.67. The van der Waals surface area contributed by atoms with Crippen LogP contribution in [0.25, 0.3) is 0 Å². The molecule has 0 amide bonds. The van der Waals surface area contributed by atoms with E-state index in [0.717, 1.165) is 12.8 Å². The molecule has 1 heterocycles. The molecule has 2 aliphatic rings. The van der Waals surface area contributed by atoms with Gasteiger partial charge in [0.2, 0.25) is 0 Å². The van der Waals surface area contributed by atoms with Gasteiger partial charge >= 0.3 is 5.97 Å². The maximum Gasteiger partial charge on any atom is 0.309 e. The van der Waals surface area contributed by atoms with E-state index in [1.54, 1.807) is 0 Å². The van der Waals surface area contributed by atoms with Crippen LogP contribution in [0.5, 0.6) is 0 Å². The highest BCUT2D eigenvalue weighted by molar-refractivity contribution is 5.74. The normalized spacial score (nSPS) is 45.4. The van der Waals surface area contributed by atoms with Crippen molar-refractivity contribution in [1.29, 1.82) is 0 Å². The molecular formula is C13H22O2. The molecule has 2 nitrogen and oxygen atoms in total. The molecular weight excluding hydrogens is 188 g/mol. The van der Waals surface area contributed by atoms with Crippen LogP contribution in [0.3, 0.4) is 0 Å². The first-order valence-electron chi connectivity index (χ1n) is 6.14. The van der Waals surface area contributed by atoms with Gasteiger partial charge in [0.25, 0.3) is 0 Å². The standard InChI is InChI=1S/C13H22O2/c1-8(2)13(4)6-5-10-9(3)12(14)15-11(10)7-13/h8-11H,5-7H2,1-4H3/t9-,10?,11-,13?/m1/s1. The Hall–Kier alpha value is -0.530. The molecule has 15 heavy (non-hydrogen) atoms. The van der Waals surface area contributed by atoms with Gasteiger partial charge in [0, 0.05) is 5.92 Å². The van der Waals surface area contributed by atoms with Gasteiger partial charge in [-0.3, -0.25) is 4.79 Å². The first-order chi connectivity index (χ1) is 6.94. The molecule has 2 heteroatoms. The molecule has 2 fully saturated rings. The van der Waals surface area contributed by atoms with E-state index in [9.17, 15) is 4.79 Å². The number of ether oxygens (including phenoxy) is 1. The summed E-state index contributed by atoms with van der Waals surface area (Å²) in [6.45, 7) is 8.91. The van der Waals surface area contributed by atoms with Crippen LogP contribution < -0.4 is 0 Å². The highest BCUT2D eigenvalue weighted by Gasteiger charge is 2.49. The third-order valence-electron chi connectivity index (χ3n) is 4.87. The Balaban J connectivity index is 2.11. The first kappa shape index (κ1) is 11.0. The van der Waals surface area contributed by atoms with Gasteiger partial charge in [-0.15, -0.1) is 0 Å². The lowest BCUT2D eigenvalue weighted by Crippen LogP contribution is -2.37. The summed E-state index contributed by atoms with van der Waals surface area (Å²) in [5.74, 6) is 1.32. The van der Waals surface area contributed by atoms with Crippen LogP contribution in [0.15, 0.2) is 0 Å². The summed E-state index contributed by atoms with van der Waals surface area (Å²) in [5, 5.41) is 0. The van der Waals surface area contributed by atoms with Gasteiger partial charge in [0.15, 0.2) is 0 Å². The Morgan fingerprint density at radius 2 is 2.13 bits per heavy atom. The van der Waals surface area contributed by atoms with Gasteiger partial charge in [-0.2, -0.15) is 0 Å². The Labute approximate surface area is 92.4 Å². The van der Waals surface area contributed by atoms with Gasteiger partial charge in [0.05, 0.1) is 5.92 Å². The second-order valence-corrected chi connectivity index (χ2v) is 5.98. The van der Waals surface area contributed by atoms with Crippen molar-refractivity contribution in [3.8, 4) is 0 Å². The minimum Gasteiger partial charge on any atom is -0.462 e. The highest BCUT2D eigenvalue weighted by Crippen LogP contribution is 2.49. The van der Waals surface area contributed by atoms with Crippen molar-refractivity contribution < 1.29 is 9.53 Å². The first-order valence-corrected chi connectivity index (χ1v) is 6.14. The van der Waals surface area contributed by atoms with Crippen molar-refractivity contribution in [3.05, 3.63) is 0 Å². The van der Waals surface area contributed by atoms with Gasteiger partial charge < -0.3 is 4.74 Å². The number of esters is 1. The van der Waals surface area contributed by atoms with Gasteiger partial charge in [-0.25, -0.2) is 0 Å². The predicted octanol–water partition coefficient (Wildman–Crippen LogP) is 3.01. The molecule has 1 saturated carbocycles. The number of rotatable bonds is 1. The van der Waals surface area contributed by atoms with E-state index in [4.69, 9.17) is 4.74 Å². The Bertz CT molecular complexity index is 272. The number of hydrogen-bond acceptors (Lipinski definition) is 2. The third kappa shape index (κ3) is 1.68. The van der Waals surface area contributed by atoms with Crippen LogP contribution in [0.4, 0.5) is 0 Å². The van der Waals surface area contributed by atoms with Crippen molar-refractivity contribution in [2.24, 2.45) is 23.2 Å². The molecule has 0 aromatic carbocycles. The van der Waals surface area contributed by atoms with E-state index in [1.165, 1.54) is 6.42 Å². The fourth-order valence-electron chi connectivity index (χ4n) is 3.05. The molecule has 1 aliphatic heterocycles. The van der Waals surface area contributed by atoms with E-state index >= 15 is 0 Å². The molecule has 0 radical (unpaired) electrons. The zero-order chi connectivity index (χ0) is 11.2. The zero-order valence-electron chi connectivity index (χ0n) is 10.2. The quantitative estimate of drug-likeness (QED) is 0.622. The minimum absolute atomic E-state index is 0.0259. The molecule has 1 saturated heterocycles. The SMILES string of the molecule is CC(C)C1(C)CCC2[C@@H](C1)OC(=O)[C@@H]2C. The van der Waals surface area contributed by atoms with Crippen molar-refractivity contribution in [3.63, 3.8) is 0 Å². The molecule has 0 aromatic rings. The van der Waals surface area contributed by atoms with E-state index in [0.29, 0.717) is 17.3 Å². The van der Waals surface area contributed by atoms with Crippen molar-refractivity contribution >= 4 is 5.97 Å². The fraction of sp³-hybridized carbons (Fsp3) is 0.923. The minimum atomic E-state index is 0.0259. The number of carbonyl (C=O) groups is 1. The molecule has 1 aliphatic carbocycles. The Morgan fingerprint density at radius 3 is 2.73 bits per heavy atom. The van der Waals surface area contributed by atoms with Crippen LogP contribution in [-0.2, 0) is 9.53 Å². The van der Waals surface area contributed by atoms with Crippen molar-refractivity contribution in [1.82, 2.24) is 0 Å². The molecule has 4 atom stereocenters. The molecule has 86 valence electrons. The van der Waals surface area contributed by atoms with Gasteiger partial charge in [-0.1, -0.05) is 27.7 Å². The zero-order valence-corrected chi connectivity index (χ0v) is 10.2. The smallest absolute Gasteiger partial charge is 0.309 e. The largest absolute Gasteiger partial charge is 0.462 e. The lowest BCUT2D eigenvalue weighted by molar-refractivity contribution is -0.145. The second kappa shape index (κ2) is 3.50. The number of carbonyl (C=O) groups excluding carboxylic acids is 1. The van der Waals surface area contributed by atoms with Crippen LogP contribution in [0, 0.1) is 23.2 Å². The topological polar surface area (TPSA) is 26.3 Å². The van der Waals surface area contributed by atoms with E-state index < -0.39 is 0 Å². The number of hydrogen-bond donors (Lipinski definition) is 0. The van der Waals surface area contributed by atoms with Gasteiger partial charge in [-0.05, 0) is 30.6 Å². The lowest BCUT2D eigenvalue weighted by atomic mass is 9.63. The molecule has 0 bridgehead atoms. The summed E-state index contributed by atoms with van der Waals surface area (Å²) in [6, 6.07) is 0. The molecule has 2 unspecified atom stereocenters. The van der Waals surface area contributed by atoms with Crippen LogP contribution in [0.1, 0.15) is 47.0 Å².